The third-order valence-electron chi connectivity index (χ3n) is 5.86. The van der Waals surface area contributed by atoms with Gasteiger partial charge in [-0.05, 0) is 49.9 Å². The van der Waals surface area contributed by atoms with Crippen LogP contribution in [-0.4, -0.2) is 68.1 Å². The number of hydrogen-bond donors (Lipinski definition) is 1. The normalized spacial score (nSPS) is 22.0. The van der Waals surface area contributed by atoms with Crippen LogP contribution in [0.1, 0.15) is 43.2 Å². The first-order valence-electron chi connectivity index (χ1n) is 10.6. The van der Waals surface area contributed by atoms with Gasteiger partial charge in [0.05, 0.1) is 5.92 Å². The van der Waals surface area contributed by atoms with Crippen molar-refractivity contribution in [1.29, 1.82) is 0 Å². The number of nitrogens with one attached hydrogen (secondary N) is 1. The largest absolute Gasteiger partial charge is 0.352 e. The summed E-state index contributed by atoms with van der Waals surface area (Å²) in [4.78, 5) is 15.2. The molecule has 0 radical (unpaired) electrons. The molecule has 0 aromatic heterocycles. The Balaban J connectivity index is 1.53. The van der Waals surface area contributed by atoms with E-state index in [2.05, 4.69) is 22.3 Å². The molecule has 1 atom stereocenters. The molecule has 2 aliphatic rings. The summed E-state index contributed by atoms with van der Waals surface area (Å²) in [6.45, 7) is 4.49. The standard InChI is InChI=1S/C21H34N4O3S/c1-23(2)29(27,28)25-13-7-10-20(17-25)21(26)22-15-18-8-6-9-19(14-18)16-24-11-4-3-5-12-24/h6,8-9,14,20H,3-5,7,10-13,15-17H2,1-2H3,(H,22,26). The van der Waals surface area contributed by atoms with E-state index in [4.69, 9.17) is 0 Å². The van der Waals surface area contributed by atoms with Crippen LogP contribution >= 0.6 is 0 Å². The zero-order valence-corrected chi connectivity index (χ0v) is 18.5. The lowest BCUT2D eigenvalue weighted by Crippen LogP contribution is -2.48. The van der Waals surface area contributed by atoms with Gasteiger partial charge < -0.3 is 5.32 Å². The minimum Gasteiger partial charge on any atom is -0.352 e. The molecule has 3 rings (SSSR count). The second-order valence-electron chi connectivity index (χ2n) is 8.36. The topological polar surface area (TPSA) is 73.0 Å². The summed E-state index contributed by atoms with van der Waals surface area (Å²) in [7, 11) is -0.424. The van der Waals surface area contributed by atoms with Gasteiger partial charge in [-0.15, -0.1) is 0 Å². The highest BCUT2D eigenvalue weighted by Crippen LogP contribution is 2.21. The zero-order chi connectivity index (χ0) is 20.9. The lowest BCUT2D eigenvalue weighted by Gasteiger charge is -2.32. The fourth-order valence-electron chi connectivity index (χ4n) is 4.14. The second-order valence-corrected chi connectivity index (χ2v) is 10.5. The maximum absolute atomic E-state index is 12.7. The predicted molar refractivity (Wildman–Crippen MR) is 114 cm³/mol. The fourth-order valence-corrected chi connectivity index (χ4v) is 5.33. The minimum atomic E-state index is -3.47. The third kappa shape index (κ3) is 6.01. The Bertz CT molecular complexity index is 791. The van der Waals surface area contributed by atoms with E-state index < -0.39 is 10.2 Å². The molecule has 0 bridgehead atoms. The van der Waals surface area contributed by atoms with E-state index in [1.807, 2.05) is 12.1 Å². The SMILES string of the molecule is CN(C)S(=O)(=O)N1CCCC(C(=O)NCc2cccc(CN3CCCCC3)c2)C1. The highest BCUT2D eigenvalue weighted by atomic mass is 32.2. The molecule has 2 saturated heterocycles. The molecule has 7 nitrogen and oxygen atoms in total. The van der Waals surface area contributed by atoms with Crippen LogP contribution in [0.5, 0.6) is 0 Å². The molecule has 1 aromatic carbocycles. The molecule has 1 N–H and O–H groups in total. The van der Waals surface area contributed by atoms with E-state index in [0.717, 1.165) is 31.6 Å². The van der Waals surface area contributed by atoms with Gasteiger partial charge in [0.25, 0.3) is 10.2 Å². The minimum absolute atomic E-state index is 0.0647. The van der Waals surface area contributed by atoms with Crippen LogP contribution < -0.4 is 5.32 Å². The average molecular weight is 423 g/mol. The first-order chi connectivity index (χ1) is 13.9. The van der Waals surface area contributed by atoms with Crippen molar-refractivity contribution < 1.29 is 13.2 Å². The molecule has 0 spiro atoms. The van der Waals surface area contributed by atoms with E-state index in [0.29, 0.717) is 19.5 Å². The molecule has 8 heteroatoms. The quantitative estimate of drug-likeness (QED) is 0.727. The monoisotopic (exact) mass is 422 g/mol. The molecule has 0 saturated carbocycles. The Morgan fingerprint density at radius 3 is 2.55 bits per heavy atom. The van der Waals surface area contributed by atoms with Crippen molar-refractivity contribution in [3.63, 3.8) is 0 Å². The molecule has 1 unspecified atom stereocenters. The van der Waals surface area contributed by atoms with Crippen LogP contribution in [0.15, 0.2) is 24.3 Å². The summed E-state index contributed by atoms with van der Waals surface area (Å²) in [5.41, 5.74) is 2.36. The van der Waals surface area contributed by atoms with Gasteiger partial charge >= 0.3 is 0 Å². The van der Waals surface area contributed by atoms with E-state index >= 15 is 0 Å². The van der Waals surface area contributed by atoms with E-state index in [-0.39, 0.29) is 18.4 Å². The van der Waals surface area contributed by atoms with Gasteiger partial charge in [0, 0.05) is 40.3 Å². The van der Waals surface area contributed by atoms with Crippen LogP contribution in [0.25, 0.3) is 0 Å². The molecule has 1 amide bonds. The Kier molecular flexibility index (Phi) is 7.67. The van der Waals surface area contributed by atoms with Crippen molar-refractivity contribution in [2.24, 2.45) is 5.92 Å². The maximum Gasteiger partial charge on any atom is 0.281 e. The summed E-state index contributed by atoms with van der Waals surface area (Å²) >= 11 is 0. The first-order valence-corrected chi connectivity index (χ1v) is 12.0. The number of nitrogens with zero attached hydrogens (tertiary/aromatic N) is 3. The summed E-state index contributed by atoms with van der Waals surface area (Å²) < 4.78 is 27.3. The molecule has 0 aliphatic carbocycles. The van der Waals surface area contributed by atoms with Crippen LogP contribution in [-0.2, 0) is 28.1 Å². The van der Waals surface area contributed by atoms with Crippen molar-refractivity contribution in [2.75, 3.05) is 40.3 Å². The number of piperidine rings is 2. The molecular formula is C21H34N4O3S. The summed E-state index contributed by atoms with van der Waals surface area (Å²) in [6, 6.07) is 8.39. The van der Waals surface area contributed by atoms with Crippen molar-refractivity contribution in [3.05, 3.63) is 35.4 Å². The number of benzene rings is 1. The Morgan fingerprint density at radius 1 is 1.10 bits per heavy atom. The van der Waals surface area contributed by atoms with Gasteiger partial charge in [-0.25, -0.2) is 0 Å². The smallest absolute Gasteiger partial charge is 0.281 e. The van der Waals surface area contributed by atoms with Crippen molar-refractivity contribution in [1.82, 2.24) is 18.8 Å². The van der Waals surface area contributed by atoms with Crippen molar-refractivity contribution in [3.8, 4) is 0 Å². The summed E-state index contributed by atoms with van der Waals surface area (Å²) in [6.07, 6.45) is 5.31. The van der Waals surface area contributed by atoms with E-state index in [1.165, 1.54) is 47.5 Å². The van der Waals surface area contributed by atoms with E-state index in [9.17, 15) is 13.2 Å². The van der Waals surface area contributed by atoms with Crippen molar-refractivity contribution in [2.45, 2.75) is 45.2 Å². The lowest BCUT2D eigenvalue weighted by atomic mass is 9.98. The van der Waals surface area contributed by atoms with Gasteiger partial charge in [-0.3, -0.25) is 9.69 Å². The summed E-state index contributed by atoms with van der Waals surface area (Å²) in [5.74, 6) is -0.361. The average Bonchev–Trinajstić information content (AvgIpc) is 2.73. The highest BCUT2D eigenvalue weighted by molar-refractivity contribution is 7.86. The van der Waals surface area contributed by atoms with Gasteiger partial charge in [-0.1, -0.05) is 30.7 Å². The molecule has 1 aromatic rings. The van der Waals surface area contributed by atoms with Crippen LogP contribution in [0, 0.1) is 5.92 Å². The van der Waals surface area contributed by atoms with Crippen LogP contribution in [0.4, 0.5) is 0 Å². The molecule has 29 heavy (non-hydrogen) atoms. The molecule has 2 aliphatic heterocycles. The second kappa shape index (κ2) is 10.0. The van der Waals surface area contributed by atoms with Gasteiger partial charge in [0.2, 0.25) is 5.91 Å². The predicted octanol–water partition coefficient (Wildman–Crippen LogP) is 1.81. The van der Waals surface area contributed by atoms with Crippen LogP contribution in [0.3, 0.4) is 0 Å². The third-order valence-corrected chi connectivity index (χ3v) is 7.76. The lowest BCUT2D eigenvalue weighted by molar-refractivity contribution is -0.126. The van der Waals surface area contributed by atoms with Crippen molar-refractivity contribution >= 4 is 16.1 Å². The number of hydrogen-bond acceptors (Lipinski definition) is 4. The number of carbonyl (C=O) groups is 1. The van der Waals surface area contributed by atoms with Crippen LogP contribution in [0.2, 0.25) is 0 Å². The molecule has 162 valence electrons. The number of likely N-dealkylation sites (tertiary alicyclic amines) is 1. The molecule has 2 heterocycles. The summed E-state index contributed by atoms with van der Waals surface area (Å²) in [5, 5.41) is 3.01. The Labute approximate surface area is 175 Å². The Morgan fingerprint density at radius 2 is 1.83 bits per heavy atom. The maximum atomic E-state index is 12.7. The van der Waals surface area contributed by atoms with E-state index in [1.54, 1.807) is 0 Å². The number of amides is 1. The highest BCUT2D eigenvalue weighted by Gasteiger charge is 2.33. The fraction of sp³-hybridized carbons (Fsp3) is 0.667. The van der Waals surface area contributed by atoms with Gasteiger partial charge in [0.1, 0.15) is 0 Å². The zero-order valence-electron chi connectivity index (χ0n) is 17.6. The Hall–Kier alpha value is -1.48. The van der Waals surface area contributed by atoms with Gasteiger partial charge in [-0.2, -0.15) is 17.0 Å². The molecule has 2 fully saturated rings. The van der Waals surface area contributed by atoms with Gasteiger partial charge in [0.15, 0.2) is 0 Å². The molecular weight excluding hydrogens is 388 g/mol. The number of carbonyl (C=O) groups excluding carboxylic acids is 1. The first kappa shape index (κ1) is 22.2. The number of rotatable bonds is 7.